The summed E-state index contributed by atoms with van der Waals surface area (Å²) in [7, 11) is 0. The van der Waals surface area contributed by atoms with Crippen molar-refractivity contribution < 1.29 is 10.2 Å². The largest absolute Gasteiger partial charge is 0.508 e. The van der Waals surface area contributed by atoms with E-state index >= 15 is 0 Å². The van der Waals surface area contributed by atoms with Crippen LogP contribution in [0, 0.1) is 0 Å². The molecule has 4 nitrogen and oxygen atoms in total. The van der Waals surface area contributed by atoms with E-state index in [1.165, 1.54) is 0 Å². The Morgan fingerprint density at radius 1 is 1.21 bits per heavy atom. The Kier molecular flexibility index (Phi) is 2.20. The molecule has 0 atom stereocenters. The van der Waals surface area contributed by atoms with Crippen molar-refractivity contribution in [2.75, 3.05) is 0 Å². The van der Waals surface area contributed by atoms with Crippen LogP contribution in [-0.2, 0) is 6.61 Å². The summed E-state index contributed by atoms with van der Waals surface area (Å²) >= 11 is 0. The van der Waals surface area contributed by atoms with Crippen molar-refractivity contribution in [3.8, 4) is 16.9 Å². The summed E-state index contributed by atoms with van der Waals surface area (Å²) in [6.07, 6.45) is 1.65. The van der Waals surface area contributed by atoms with Crippen LogP contribution >= 0.6 is 0 Å². The van der Waals surface area contributed by atoms with Gasteiger partial charge in [-0.05, 0) is 17.7 Å². The molecule has 0 spiro atoms. The molecule has 0 amide bonds. The van der Waals surface area contributed by atoms with E-state index in [9.17, 15) is 0 Å². The molecule has 0 aliphatic carbocycles. The highest BCUT2D eigenvalue weighted by Gasteiger charge is 2.05. The van der Waals surface area contributed by atoms with Crippen molar-refractivity contribution in [3.05, 3.63) is 36.2 Å². The van der Waals surface area contributed by atoms with Crippen molar-refractivity contribution in [2.24, 2.45) is 0 Å². The number of hydrogen-bond donors (Lipinski definition) is 3. The van der Waals surface area contributed by atoms with E-state index in [0.29, 0.717) is 5.69 Å². The first-order valence-corrected chi connectivity index (χ1v) is 4.24. The van der Waals surface area contributed by atoms with E-state index in [1.807, 2.05) is 0 Å². The highest BCUT2D eigenvalue weighted by atomic mass is 16.3. The highest BCUT2D eigenvalue weighted by Crippen LogP contribution is 2.23. The number of nitrogens with one attached hydrogen (secondary N) is 1. The molecule has 0 saturated heterocycles. The molecule has 2 aromatic rings. The Labute approximate surface area is 80.8 Å². The van der Waals surface area contributed by atoms with Gasteiger partial charge in [-0.1, -0.05) is 12.1 Å². The smallest absolute Gasteiger partial charge is 0.115 e. The summed E-state index contributed by atoms with van der Waals surface area (Å²) in [5.41, 5.74) is 2.45. The Balaban J connectivity index is 2.44. The number of H-pyrrole nitrogens is 1. The zero-order valence-electron chi connectivity index (χ0n) is 7.44. The number of aromatic hydroxyl groups is 1. The van der Waals surface area contributed by atoms with Gasteiger partial charge < -0.3 is 10.2 Å². The molecule has 1 heterocycles. The lowest BCUT2D eigenvalue weighted by Crippen LogP contribution is -1.86. The number of phenols is 1. The summed E-state index contributed by atoms with van der Waals surface area (Å²) in [5, 5.41) is 24.7. The van der Waals surface area contributed by atoms with Crippen LogP contribution in [0.2, 0.25) is 0 Å². The number of aromatic nitrogens is 2. The number of hydrogen-bond acceptors (Lipinski definition) is 3. The third kappa shape index (κ3) is 1.47. The maximum Gasteiger partial charge on any atom is 0.115 e. The van der Waals surface area contributed by atoms with Gasteiger partial charge in [-0.3, -0.25) is 5.10 Å². The van der Waals surface area contributed by atoms with Crippen LogP contribution in [0.1, 0.15) is 5.69 Å². The zero-order valence-corrected chi connectivity index (χ0v) is 7.44. The van der Waals surface area contributed by atoms with Crippen LogP contribution in [0.4, 0.5) is 0 Å². The van der Waals surface area contributed by atoms with Crippen LogP contribution in [-0.4, -0.2) is 20.4 Å². The molecule has 3 N–H and O–H groups in total. The van der Waals surface area contributed by atoms with Crippen molar-refractivity contribution in [1.29, 1.82) is 0 Å². The monoisotopic (exact) mass is 190 g/mol. The normalized spacial score (nSPS) is 10.4. The SMILES string of the molecule is OCc1[nH]ncc1-c1ccc(O)cc1. The number of aliphatic hydroxyl groups is 1. The second kappa shape index (κ2) is 3.51. The molecule has 2 rings (SSSR count). The lowest BCUT2D eigenvalue weighted by molar-refractivity contribution is 0.277. The fourth-order valence-corrected chi connectivity index (χ4v) is 1.32. The molecule has 1 aromatic carbocycles. The predicted octanol–water partition coefficient (Wildman–Crippen LogP) is 1.27. The van der Waals surface area contributed by atoms with Gasteiger partial charge in [0.2, 0.25) is 0 Å². The molecule has 0 aliphatic heterocycles. The molecule has 0 aliphatic rings. The quantitative estimate of drug-likeness (QED) is 0.668. The maximum atomic E-state index is 9.11. The van der Waals surface area contributed by atoms with Gasteiger partial charge in [0.15, 0.2) is 0 Å². The summed E-state index contributed by atoms with van der Waals surface area (Å²) in [6.45, 7) is -0.0732. The lowest BCUT2D eigenvalue weighted by atomic mass is 10.1. The molecule has 0 bridgehead atoms. The molecule has 0 saturated carbocycles. The fourth-order valence-electron chi connectivity index (χ4n) is 1.32. The van der Waals surface area contributed by atoms with E-state index in [2.05, 4.69) is 10.2 Å². The summed E-state index contributed by atoms with van der Waals surface area (Å²) in [5.74, 6) is 0.225. The van der Waals surface area contributed by atoms with E-state index in [4.69, 9.17) is 10.2 Å². The third-order valence-electron chi connectivity index (χ3n) is 2.05. The average Bonchev–Trinajstić information content (AvgIpc) is 2.67. The van der Waals surface area contributed by atoms with Gasteiger partial charge in [-0.25, -0.2) is 0 Å². The second-order valence-corrected chi connectivity index (χ2v) is 2.97. The minimum absolute atomic E-state index is 0.0732. The number of aromatic amines is 1. The van der Waals surface area contributed by atoms with Crippen molar-refractivity contribution >= 4 is 0 Å². The number of phenolic OH excluding ortho intramolecular Hbond substituents is 1. The van der Waals surface area contributed by atoms with Gasteiger partial charge in [0.05, 0.1) is 18.5 Å². The molecule has 1 aromatic heterocycles. The first-order chi connectivity index (χ1) is 6.81. The van der Waals surface area contributed by atoms with Crippen LogP contribution in [0.3, 0.4) is 0 Å². The van der Waals surface area contributed by atoms with Crippen molar-refractivity contribution in [2.45, 2.75) is 6.61 Å². The lowest BCUT2D eigenvalue weighted by Gasteiger charge is -2.00. The number of benzene rings is 1. The topological polar surface area (TPSA) is 69.1 Å². The molecule has 14 heavy (non-hydrogen) atoms. The Morgan fingerprint density at radius 3 is 2.57 bits per heavy atom. The first kappa shape index (κ1) is 8.77. The van der Waals surface area contributed by atoms with Gasteiger partial charge >= 0.3 is 0 Å². The summed E-state index contributed by atoms with van der Waals surface area (Å²) < 4.78 is 0. The highest BCUT2D eigenvalue weighted by molar-refractivity contribution is 5.65. The second-order valence-electron chi connectivity index (χ2n) is 2.97. The average molecular weight is 190 g/mol. The molecule has 0 radical (unpaired) electrons. The molecule has 0 fully saturated rings. The molecule has 0 unspecified atom stereocenters. The van der Waals surface area contributed by atoms with Crippen LogP contribution in [0.25, 0.3) is 11.1 Å². The van der Waals surface area contributed by atoms with E-state index in [0.717, 1.165) is 11.1 Å². The predicted molar refractivity (Wildman–Crippen MR) is 51.6 cm³/mol. The summed E-state index contributed by atoms with van der Waals surface area (Å²) in [6, 6.07) is 6.76. The molecular weight excluding hydrogens is 180 g/mol. The number of aliphatic hydroxyl groups excluding tert-OH is 1. The van der Waals surface area contributed by atoms with Gasteiger partial charge in [-0.2, -0.15) is 5.10 Å². The summed E-state index contributed by atoms with van der Waals surface area (Å²) in [4.78, 5) is 0. The van der Waals surface area contributed by atoms with Gasteiger partial charge in [0.25, 0.3) is 0 Å². The first-order valence-electron chi connectivity index (χ1n) is 4.24. The van der Waals surface area contributed by atoms with Gasteiger partial charge in [0.1, 0.15) is 5.75 Å². The van der Waals surface area contributed by atoms with Gasteiger partial charge in [0, 0.05) is 5.56 Å². The van der Waals surface area contributed by atoms with E-state index in [-0.39, 0.29) is 12.4 Å². The molecule has 4 heteroatoms. The van der Waals surface area contributed by atoms with Crippen molar-refractivity contribution in [1.82, 2.24) is 10.2 Å². The molecular formula is C10H10N2O2. The maximum absolute atomic E-state index is 9.11. The number of rotatable bonds is 2. The van der Waals surface area contributed by atoms with Crippen molar-refractivity contribution in [3.63, 3.8) is 0 Å². The van der Waals surface area contributed by atoms with Crippen LogP contribution < -0.4 is 0 Å². The Bertz CT molecular complexity index is 420. The van der Waals surface area contributed by atoms with E-state index in [1.54, 1.807) is 30.5 Å². The Morgan fingerprint density at radius 2 is 1.93 bits per heavy atom. The third-order valence-corrected chi connectivity index (χ3v) is 2.05. The fraction of sp³-hybridized carbons (Fsp3) is 0.100. The Hall–Kier alpha value is -1.81. The molecule has 72 valence electrons. The van der Waals surface area contributed by atoms with Crippen LogP contribution in [0.5, 0.6) is 5.75 Å². The van der Waals surface area contributed by atoms with Gasteiger partial charge in [-0.15, -0.1) is 0 Å². The minimum Gasteiger partial charge on any atom is -0.508 e. The zero-order chi connectivity index (χ0) is 9.97. The standard InChI is InChI=1S/C10H10N2O2/c13-6-10-9(5-11-12-10)7-1-3-8(14)4-2-7/h1-5,13-14H,6H2,(H,11,12). The van der Waals surface area contributed by atoms with E-state index < -0.39 is 0 Å². The minimum atomic E-state index is -0.0732. The number of nitrogens with zero attached hydrogens (tertiary/aromatic N) is 1. The van der Waals surface area contributed by atoms with Crippen LogP contribution in [0.15, 0.2) is 30.5 Å².